The number of nitroso groups, excluding NO2 is 1. The van der Waals surface area contributed by atoms with E-state index in [9.17, 15) is 4.91 Å². The fourth-order valence-corrected chi connectivity index (χ4v) is 4.38. The van der Waals surface area contributed by atoms with E-state index < -0.39 is 30.6 Å². The number of aliphatic hydroxyl groups is 1. The van der Waals surface area contributed by atoms with E-state index in [0.29, 0.717) is 11.1 Å². The number of ether oxygens (including phenoxy) is 2. The fraction of sp³-hybridized carbons (Fsp3) is 0.143. The number of halogens is 2. The van der Waals surface area contributed by atoms with Crippen molar-refractivity contribution in [2.75, 3.05) is 13.5 Å². The highest BCUT2D eigenvalue weighted by Crippen LogP contribution is 2.45. The van der Waals surface area contributed by atoms with Gasteiger partial charge in [0.2, 0.25) is 6.73 Å². The van der Waals surface area contributed by atoms with Crippen molar-refractivity contribution < 1.29 is 23.4 Å². The Kier molecular flexibility index (Phi) is 7.17. The summed E-state index contributed by atoms with van der Waals surface area (Å²) in [4.78, 5) is 10.4. The molecule has 3 aromatic carbocycles. The highest BCUT2D eigenvalue weighted by molar-refractivity contribution is 5.73. The summed E-state index contributed by atoms with van der Waals surface area (Å²) < 4.78 is 40.2. The topological polar surface area (TPSA) is 68.1 Å². The van der Waals surface area contributed by atoms with Gasteiger partial charge in [0, 0.05) is 0 Å². The van der Waals surface area contributed by atoms with Crippen LogP contribution >= 0.6 is 0 Å². The fourth-order valence-electron chi connectivity index (χ4n) is 4.38. The molecular weight excluding hydrogens is 452 g/mol. The largest absolute Gasteiger partial charge is 0.465 e. The summed E-state index contributed by atoms with van der Waals surface area (Å²) in [7, 11) is 0. The summed E-state index contributed by atoms with van der Waals surface area (Å²) >= 11 is 0. The van der Waals surface area contributed by atoms with E-state index in [1.807, 2.05) is 61.6 Å². The predicted octanol–water partition coefficient (Wildman–Crippen LogP) is 6.26. The maximum Gasteiger partial charge on any atom is 0.219 e. The molecule has 178 valence electrons. The van der Waals surface area contributed by atoms with E-state index in [1.54, 1.807) is 12.1 Å². The molecule has 1 aliphatic rings. The molecule has 35 heavy (non-hydrogen) atoms. The maximum atomic E-state index is 15.1. The van der Waals surface area contributed by atoms with E-state index in [-0.39, 0.29) is 11.5 Å². The minimum atomic E-state index is -1.11. The summed E-state index contributed by atoms with van der Waals surface area (Å²) in [5.41, 5.74) is 2.62. The SMILES string of the molecule is C\C1=C/C=C\C=C\C(c2ccc(OCO)c(F)c2)(c2ccc(OCN=O)c(F)c2)c2ccccc21. The highest BCUT2D eigenvalue weighted by atomic mass is 19.1. The lowest BCUT2D eigenvalue weighted by Gasteiger charge is -2.35. The van der Waals surface area contributed by atoms with Crippen molar-refractivity contribution in [3.05, 3.63) is 130 Å². The van der Waals surface area contributed by atoms with Gasteiger partial charge in [-0.3, -0.25) is 0 Å². The van der Waals surface area contributed by atoms with Gasteiger partial charge in [0.05, 0.1) is 5.41 Å². The molecule has 1 aliphatic carbocycles. The quantitative estimate of drug-likeness (QED) is 0.324. The molecule has 0 spiro atoms. The molecule has 1 atom stereocenters. The van der Waals surface area contributed by atoms with Crippen LogP contribution < -0.4 is 9.47 Å². The first-order valence-corrected chi connectivity index (χ1v) is 10.9. The lowest BCUT2D eigenvalue weighted by atomic mass is 9.67. The molecular formula is C28H23F2NO4. The molecule has 0 amide bonds. The van der Waals surface area contributed by atoms with Gasteiger partial charge in [-0.2, -0.15) is 0 Å². The van der Waals surface area contributed by atoms with E-state index in [0.717, 1.165) is 16.7 Å². The zero-order valence-corrected chi connectivity index (χ0v) is 18.9. The average Bonchev–Trinajstić information content (AvgIpc) is 2.93. The van der Waals surface area contributed by atoms with Crippen molar-refractivity contribution in [2.24, 2.45) is 5.18 Å². The average molecular weight is 475 g/mol. The Balaban J connectivity index is 2.05. The first-order valence-electron chi connectivity index (χ1n) is 10.9. The Morgan fingerprint density at radius 3 is 2.17 bits per heavy atom. The number of rotatable bonds is 7. The van der Waals surface area contributed by atoms with Gasteiger partial charge < -0.3 is 14.6 Å². The maximum absolute atomic E-state index is 15.1. The van der Waals surface area contributed by atoms with E-state index >= 15 is 8.78 Å². The van der Waals surface area contributed by atoms with Crippen LogP contribution in [0.1, 0.15) is 29.2 Å². The highest BCUT2D eigenvalue weighted by Gasteiger charge is 2.37. The van der Waals surface area contributed by atoms with Crippen LogP contribution in [0.25, 0.3) is 5.57 Å². The third kappa shape index (κ3) is 4.63. The van der Waals surface area contributed by atoms with Gasteiger partial charge in [-0.05, 0) is 64.2 Å². The van der Waals surface area contributed by atoms with Crippen LogP contribution in [0.3, 0.4) is 0 Å². The second-order valence-corrected chi connectivity index (χ2v) is 7.91. The van der Waals surface area contributed by atoms with Gasteiger partial charge in [0.1, 0.15) is 0 Å². The zero-order chi connectivity index (χ0) is 24.8. The molecule has 0 bridgehead atoms. The molecule has 0 fully saturated rings. The minimum absolute atomic E-state index is 0.0982. The number of fused-ring (bicyclic) bond motifs is 1. The number of nitrogens with zero attached hydrogens (tertiary/aromatic N) is 1. The number of allylic oxidation sites excluding steroid dienone is 6. The molecule has 5 nitrogen and oxygen atoms in total. The Hall–Kier alpha value is -4.10. The molecule has 0 aliphatic heterocycles. The van der Waals surface area contributed by atoms with Crippen molar-refractivity contribution in [2.45, 2.75) is 12.3 Å². The van der Waals surface area contributed by atoms with Gasteiger partial charge in [0.15, 0.2) is 29.9 Å². The van der Waals surface area contributed by atoms with Crippen molar-refractivity contribution >= 4 is 5.57 Å². The second kappa shape index (κ2) is 10.4. The Morgan fingerprint density at radius 2 is 1.54 bits per heavy atom. The Bertz CT molecular complexity index is 1330. The standard InChI is InChI=1S/C28H23F2NO4/c1-19-7-3-2-6-14-28(23-9-5-4-8-22(19)23,21-11-13-27(35-18-32)25(30)16-21)20-10-12-26(24(29)15-20)34-17-31-33/h2-16,32H,17-18H2,1H3/b3-2-,14-6+,19-7+. The van der Waals surface area contributed by atoms with Crippen LogP contribution in [-0.2, 0) is 5.41 Å². The van der Waals surface area contributed by atoms with Crippen LogP contribution in [0.5, 0.6) is 11.5 Å². The van der Waals surface area contributed by atoms with Gasteiger partial charge >= 0.3 is 0 Å². The summed E-state index contributed by atoms with van der Waals surface area (Å²) in [5.74, 6) is -1.56. The third-order valence-corrected chi connectivity index (χ3v) is 5.96. The lowest BCUT2D eigenvalue weighted by molar-refractivity contribution is 0.0944. The summed E-state index contributed by atoms with van der Waals surface area (Å²) in [6.45, 7) is 0.791. The number of hydrogen-bond donors (Lipinski definition) is 1. The van der Waals surface area contributed by atoms with Gasteiger partial charge in [-0.15, -0.1) is 4.91 Å². The normalized spacial score (nSPS) is 20.3. The molecule has 0 saturated carbocycles. The zero-order valence-electron chi connectivity index (χ0n) is 18.9. The molecule has 3 aromatic rings. The van der Waals surface area contributed by atoms with Crippen molar-refractivity contribution in [3.8, 4) is 11.5 Å². The third-order valence-electron chi connectivity index (χ3n) is 5.96. The molecule has 1 unspecified atom stereocenters. The molecule has 0 heterocycles. The lowest BCUT2D eigenvalue weighted by Crippen LogP contribution is -2.29. The molecule has 7 heteroatoms. The van der Waals surface area contributed by atoms with Gasteiger partial charge in [0.25, 0.3) is 0 Å². The monoisotopic (exact) mass is 475 g/mol. The summed E-state index contributed by atoms with van der Waals surface area (Å²) in [6.07, 6.45) is 9.45. The van der Waals surface area contributed by atoms with Crippen LogP contribution in [0.4, 0.5) is 8.78 Å². The van der Waals surface area contributed by atoms with E-state index in [2.05, 4.69) is 5.18 Å². The van der Waals surface area contributed by atoms with Crippen molar-refractivity contribution in [3.63, 3.8) is 0 Å². The van der Waals surface area contributed by atoms with E-state index in [1.165, 1.54) is 24.3 Å². The first kappa shape index (κ1) is 24.0. The van der Waals surface area contributed by atoms with Gasteiger partial charge in [-0.25, -0.2) is 8.78 Å². The summed E-state index contributed by atoms with van der Waals surface area (Å²) in [6, 6.07) is 16.6. The summed E-state index contributed by atoms with van der Waals surface area (Å²) in [5, 5.41) is 11.7. The van der Waals surface area contributed by atoms with Crippen LogP contribution in [0.15, 0.2) is 96.2 Å². The number of benzene rings is 3. The number of hydrogen-bond acceptors (Lipinski definition) is 5. The van der Waals surface area contributed by atoms with Crippen molar-refractivity contribution in [1.29, 1.82) is 0 Å². The molecule has 0 radical (unpaired) electrons. The van der Waals surface area contributed by atoms with Gasteiger partial charge in [-0.1, -0.05) is 66.8 Å². The molecule has 1 N–H and O–H groups in total. The molecule has 4 rings (SSSR count). The first-order chi connectivity index (χ1) is 17.0. The molecule has 0 aromatic heterocycles. The molecule has 0 saturated heterocycles. The van der Waals surface area contributed by atoms with Crippen LogP contribution in [0, 0.1) is 16.5 Å². The predicted molar refractivity (Wildman–Crippen MR) is 130 cm³/mol. The van der Waals surface area contributed by atoms with E-state index in [4.69, 9.17) is 14.6 Å². The Labute approximate surface area is 201 Å². The second-order valence-electron chi connectivity index (χ2n) is 7.91. The number of aliphatic hydroxyl groups excluding tert-OH is 1. The van der Waals surface area contributed by atoms with Crippen molar-refractivity contribution in [1.82, 2.24) is 0 Å². The minimum Gasteiger partial charge on any atom is -0.465 e. The smallest absolute Gasteiger partial charge is 0.219 e. The Morgan fingerprint density at radius 1 is 0.886 bits per heavy atom. The van der Waals surface area contributed by atoms with Crippen LogP contribution in [-0.4, -0.2) is 18.6 Å². The van der Waals surface area contributed by atoms with Crippen LogP contribution in [0.2, 0.25) is 0 Å².